The average Bonchev–Trinajstić information content (AvgIpc) is 2.99. The summed E-state index contributed by atoms with van der Waals surface area (Å²) in [6.07, 6.45) is 1.33. The van der Waals surface area contributed by atoms with Gasteiger partial charge < -0.3 is 5.11 Å². The van der Waals surface area contributed by atoms with Gasteiger partial charge in [-0.1, -0.05) is 131 Å². The zero-order valence-corrected chi connectivity index (χ0v) is 33.1. The van der Waals surface area contributed by atoms with Crippen molar-refractivity contribution in [3.63, 3.8) is 0 Å². The number of carbonyl (C=O) groups excluding carboxylic acids is 1. The number of aliphatic hydroxyl groups is 1. The Morgan fingerprint density at radius 1 is 0.812 bits per heavy atom. The normalized spacial score (nSPS) is 12.5. The van der Waals surface area contributed by atoms with Crippen LogP contribution < -0.4 is 0 Å². The number of fused-ring (bicyclic) bond motifs is 3. The topological polar surface area (TPSA) is 63.1 Å². The molecule has 0 aliphatic rings. The van der Waals surface area contributed by atoms with Crippen molar-refractivity contribution >= 4 is 27.5 Å². The number of allylic oxidation sites excluding steroid dienone is 2. The van der Waals surface area contributed by atoms with Crippen molar-refractivity contribution in [1.82, 2.24) is 9.97 Å². The molecule has 255 valence electrons. The van der Waals surface area contributed by atoms with E-state index < -0.39 is 5.41 Å². The van der Waals surface area contributed by atoms with Crippen molar-refractivity contribution in [1.29, 1.82) is 0 Å². The minimum absolute atomic E-state index is 0. The van der Waals surface area contributed by atoms with Crippen LogP contribution in [0.3, 0.4) is 0 Å². The summed E-state index contributed by atoms with van der Waals surface area (Å²) in [6, 6.07) is 29.3. The zero-order valence-electron chi connectivity index (χ0n) is 30.7. The minimum Gasteiger partial charge on any atom is -0.512 e. The molecular formula is C43H51IrN2O2-. The molecule has 0 amide bonds. The van der Waals surface area contributed by atoms with E-state index in [4.69, 9.17) is 9.97 Å². The molecule has 0 fully saturated rings. The summed E-state index contributed by atoms with van der Waals surface area (Å²) in [6.45, 7) is 24.4. The van der Waals surface area contributed by atoms with Crippen LogP contribution >= 0.6 is 0 Å². The van der Waals surface area contributed by atoms with E-state index in [1.165, 1.54) is 39.1 Å². The minimum atomic E-state index is -0.417. The van der Waals surface area contributed by atoms with Gasteiger partial charge in [-0.25, -0.2) is 4.98 Å². The predicted molar refractivity (Wildman–Crippen MR) is 199 cm³/mol. The molecule has 0 aliphatic carbocycles. The van der Waals surface area contributed by atoms with E-state index in [2.05, 4.69) is 108 Å². The van der Waals surface area contributed by atoms with Crippen molar-refractivity contribution in [3.8, 4) is 22.4 Å². The number of ketones is 1. The fourth-order valence-electron chi connectivity index (χ4n) is 5.14. The molecule has 5 rings (SSSR count). The van der Waals surface area contributed by atoms with Crippen LogP contribution in [0.4, 0.5) is 0 Å². The number of hydrogen-bond acceptors (Lipinski definition) is 4. The third-order valence-electron chi connectivity index (χ3n) is 8.32. The van der Waals surface area contributed by atoms with Crippen LogP contribution in [0.25, 0.3) is 44.1 Å². The first-order chi connectivity index (χ1) is 21.8. The van der Waals surface area contributed by atoms with Crippen LogP contribution in [-0.4, -0.2) is 20.9 Å². The number of aromatic nitrogens is 2. The van der Waals surface area contributed by atoms with Gasteiger partial charge in [-0.3, -0.25) is 9.78 Å². The molecule has 0 saturated carbocycles. The smallest absolute Gasteiger partial charge is 0.164 e. The maximum absolute atomic E-state index is 11.5. The van der Waals surface area contributed by atoms with Crippen LogP contribution in [0.15, 0.2) is 84.6 Å². The molecule has 0 bridgehead atoms. The first kappa shape index (κ1) is 38.8. The molecule has 1 radical (unpaired) electrons. The molecule has 0 aliphatic heterocycles. The Bertz CT molecular complexity index is 1940. The molecule has 0 saturated heterocycles. The fourth-order valence-corrected chi connectivity index (χ4v) is 5.14. The standard InChI is InChI=1S/C32H31N2.C11H20O2.Ir/c1-20(2)31-33-29(25-14-10-13-23(18-25)22-11-8-7-9-12-22)27-16-15-24-19-26(32(4,5)6)17-21(3)28(24)30(27)34-31;1-10(2,3)8(12)7-9(13)11(4,5)6;/h7-13,15-20H,1-6H3;7,12H,1-6H3;/q-1;;/b;8-7-;. The fraction of sp³-hybridized carbons (Fsp3) is 0.372. The van der Waals surface area contributed by atoms with E-state index in [0.29, 0.717) is 0 Å². The Balaban J connectivity index is 0.000000382. The Hall–Kier alpha value is -3.66. The van der Waals surface area contributed by atoms with Gasteiger partial charge in [0.1, 0.15) is 11.6 Å². The Kier molecular flexibility index (Phi) is 12.0. The Morgan fingerprint density at radius 2 is 1.46 bits per heavy atom. The van der Waals surface area contributed by atoms with Gasteiger partial charge >= 0.3 is 0 Å². The second kappa shape index (κ2) is 14.8. The van der Waals surface area contributed by atoms with Crippen LogP contribution in [0.5, 0.6) is 0 Å². The first-order valence-electron chi connectivity index (χ1n) is 16.6. The van der Waals surface area contributed by atoms with E-state index in [9.17, 15) is 9.90 Å². The maximum atomic E-state index is 11.5. The van der Waals surface area contributed by atoms with E-state index in [0.717, 1.165) is 28.0 Å². The quantitative estimate of drug-likeness (QED) is 0.0849. The van der Waals surface area contributed by atoms with Crippen LogP contribution in [0.2, 0.25) is 0 Å². The van der Waals surface area contributed by atoms with E-state index in [1.54, 1.807) is 0 Å². The summed E-state index contributed by atoms with van der Waals surface area (Å²) in [7, 11) is 0. The van der Waals surface area contributed by atoms with Crippen molar-refractivity contribution in [3.05, 3.63) is 108 Å². The van der Waals surface area contributed by atoms with Gasteiger partial charge in [0.2, 0.25) is 0 Å². The summed E-state index contributed by atoms with van der Waals surface area (Å²) in [5.74, 6) is 1.20. The van der Waals surface area contributed by atoms with Crippen molar-refractivity contribution in [2.45, 2.75) is 94.4 Å². The van der Waals surface area contributed by atoms with E-state index in [1.807, 2.05) is 53.7 Å². The van der Waals surface area contributed by atoms with E-state index in [-0.39, 0.29) is 48.4 Å². The number of aliphatic hydroxyl groups excluding tert-OH is 1. The second-order valence-corrected chi connectivity index (χ2v) is 15.9. The number of benzene rings is 4. The Morgan fingerprint density at radius 3 is 2.02 bits per heavy atom. The second-order valence-electron chi connectivity index (χ2n) is 15.9. The molecule has 5 heteroatoms. The molecular weight excluding hydrogens is 769 g/mol. The summed E-state index contributed by atoms with van der Waals surface area (Å²) < 4.78 is 0. The summed E-state index contributed by atoms with van der Waals surface area (Å²) in [5.41, 5.74) is 7.28. The Labute approximate surface area is 301 Å². The number of carbonyl (C=O) groups is 1. The summed E-state index contributed by atoms with van der Waals surface area (Å²) >= 11 is 0. The van der Waals surface area contributed by atoms with Crippen LogP contribution in [0.1, 0.15) is 99.0 Å². The van der Waals surface area contributed by atoms with Gasteiger partial charge in [0, 0.05) is 48.3 Å². The summed E-state index contributed by atoms with van der Waals surface area (Å²) in [5, 5.41) is 13.1. The van der Waals surface area contributed by atoms with Crippen molar-refractivity contribution in [2.75, 3.05) is 0 Å². The third-order valence-corrected chi connectivity index (χ3v) is 8.32. The molecule has 0 spiro atoms. The van der Waals surface area contributed by atoms with Crippen molar-refractivity contribution < 1.29 is 30.0 Å². The molecule has 0 atom stereocenters. The van der Waals surface area contributed by atoms with Gasteiger partial charge in [-0.15, -0.1) is 35.4 Å². The maximum Gasteiger partial charge on any atom is 0.164 e. The number of rotatable bonds is 4. The zero-order chi connectivity index (χ0) is 34.9. The molecule has 48 heavy (non-hydrogen) atoms. The van der Waals surface area contributed by atoms with Gasteiger partial charge in [0.05, 0.1) is 5.52 Å². The summed E-state index contributed by atoms with van der Waals surface area (Å²) in [4.78, 5) is 21.6. The number of nitrogens with zero attached hydrogens (tertiary/aromatic N) is 2. The monoisotopic (exact) mass is 820 g/mol. The van der Waals surface area contributed by atoms with Crippen molar-refractivity contribution in [2.24, 2.45) is 10.8 Å². The van der Waals surface area contributed by atoms with Gasteiger partial charge in [-0.05, 0) is 45.5 Å². The van der Waals surface area contributed by atoms with Crippen LogP contribution in [0, 0.1) is 23.8 Å². The molecule has 1 heterocycles. The molecule has 4 nitrogen and oxygen atoms in total. The molecule has 0 unspecified atom stereocenters. The molecule has 4 aromatic carbocycles. The SMILES string of the molecule is CC(C)(C)C(=O)/C=C(\O)C(C)(C)C.Cc1cc(C(C)(C)C)cc2ccc3c(-c4[c-]ccc(-c5ccccc5)c4)nc(C(C)C)nc3c12.[Ir]. The van der Waals surface area contributed by atoms with Gasteiger partial charge in [0.15, 0.2) is 5.78 Å². The number of hydrogen-bond donors (Lipinski definition) is 1. The predicted octanol–water partition coefficient (Wildman–Crippen LogP) is 11.7. The number of aryl methyl sites for hydroxylation is 1. The van der Waals surface area contributed by atoms with Crippen LogP contribution in [-0.2, 0) is 30.3 Å². The first-order valence-corrected chi connectivity index (χ1v) is 16.6. The third kappa shape index (κ3) is 9.07. The van der Waals surface area contributed by atoms with Gasteiger partial charge in [0.25, 0.3) is 0 Å². The molecule has 5 aromatic rings. The molecule has 1 N–H and O–H groups in total. The largest absolute Gasteiger partial charge is 0.512 e. The van der Waals surface area contributed by atoms with Gasteiger partial charge in [-0.2, -0.15) is 0 Å². The average molecular weight is 820 g/mol. The van der Waals surface area contributed by atoms with E-state index >= 15 is 0 Å². The molecule has 1 aromatic heterocycles.